The van der Waals surface area contributed by atoms with Gasteiger partial charge in [0, 0.05) is 19.8 Å². The summed E-state index contributed by atoms with van der Waals surface area (Å²) in [4.78, 5) is 12.3. The minimum absolute atomic E-state index is 0.0894. The molecule has 3 rings (SSSR count). The SMILES string of the molecule is CN(C)S(=O)(=O)c1ccc(NC(=O)CSc2nnc(Nc3ccccc3F)s2)cc1. The highest BCUT2D eigenvalue weighted by Crippen LogP contribution is 2.28. The van der Waals surface area contributed by atoms with E-state index in [1.54, 1.807) is 18.2 Å². The fourth-order valence-electron chi connectivity index (χ4n) is 2.24. The maximum Gasteiger partial charge on any atom is 0.242 e. The number of carbonyl (C=O) groups excluding carboxylic acids is 1. The standard InChI is InChI=1S/C18H18FN5O3S3/c1-24(2)30(26,27)13-9-7-12(8-10-13)20-16(25)11-28-18-23-22-17(29-18)21-15-6-4-3-5-14(15)19/h3-10H,11H2,1-2H3,(H,20,25)(H,21,22). The number of aromatic nitrogens is 2. The molecule has 0 aliphatic heterocycles. The number of hydrogen-bond acceptors (Lipinski definition) is 8. The number of hydrogen-bond donors (Lipinski definition) is 2. The van der Waals surface area contributed by atoms with Gasteiger partial charge in [0.25, 0.3) is 0 Å². The predicted octanol–water partition coefficient (Wildman–Crippen LogP) is 3.40. The number of benzene rings is 2. The molecule has 0 fully saturated rings. The van der Waals surface area contributed by atoms with Gasteiger partial charge in [0.1, 0.15) is 5.82 Å². The Balaban J connectivity index is 1.53. The van der Waals surface area contributed by atoms with Crippen LogP contribution in [0.4, 0.5) is 20.9 Å². The van der Waals surface area contributed by atoms with E-state index in [0.717, 1.165) is 4.31 Å². The molecule has 1 aromatic heterocycles. The van der Waals surface area contributed by atoms with Crippen molar-refractivity contribution in [2.45, 2.75) is 9.24 Å². The minimum Gasteiger partial charge on any atom is -0.328 e. The first-order chi connectivity index (χ1) is 14.3. The van der Waals surface area contributed by atoms with Crippen LogP contribution >= 0.6 is 23.1 Å². The van der Waals surface area contributed by atoms with E-state index in [9.17, 15) is 17.6 Å². The summed E-state index contributed by atoms with van der Waals surface area (Å²) in [5.74, 6) is -0.584. The molecule has 0 spiro atoms. The second-order valence-electron chi connectivity index (χ2n) is 6.13. The molecule has 0 saturated heterocycles. The van der Waals surface area contributed by atoms with Crippen molar-refractivity contribution in [1.82, 2.24) is 14.5 Å². The van der Waals surface area contributed by atoms with Gasteiger partial charge < -0.3 is 10.6 Å². The quantitative estimate of drug-likeness (QED) is 0.489. The van der Waals surface area contributed by atoms with Gasteiger partial charge in [-0.05, 0) is 36.4 Å². The van der Waals surface area contributed by atoms with Crippen LogP contribution in [0.2, 0.25) is 0 Å². The van der Waals surface area contributed by atoms with Crippen molar-refractivity contribution in [3.8, 4) is 0 Å². The monoisotopic (exact) mass is 467 g/mol. The molecule has 1 amide bonds. The van der Waals surface area contributed by atoms with Crippen LogP contribution in [-0.2, 0) is 14.8 Å². The van der Waals surface area contributed by atoms with Crippen LogP contribution in [0, 0.1) is 5.82 Å². The largest absolute Gasteiger partial charge is 0.328 e. The molecule has 0 atom stereocenters. The van der Waals surface area contributed by atoms with E-state index in [1.807, 2.05) is 0 Å². The molecule has 0 unspecified atom stereocenters. The number of sulfonamides is 1. The van der Waals surface area contributed by atoms with E-state index in [0.29, 0.717) is 20.8 Å². The van der Waals surface area contributed by atoms with Gasteiger partial charge >= 0.3 is 0 Å². The lowest BCUT2D eigenvalue weighted by Crippen LogP contribution is -2.22. The number of halogens is 1. The van der Waals surface area contributed by atoms with Crippen molar-refractivity contribution < 1.29 is 17.6 Å². The maximum atomic E-state index is 13.7. The third-order valence-electron chi connectivity index (χ3n) is 3.77. The summed E-state index contributed by atoms with van der Waals surface area (Å²) in [6.45, 7) is 0. The third-order valence-corrected chi connectivity index (χ3v) is 7.57. The first-order valence-electron chi connectivity index (χ1n) is 8.56. The maximum absolute atomic E-state index is 13.7. The van der Waals surface area contributed by atoms with Gasteiger partial charge in [-0.15, -0.1) is 10.2 Å². The van der Waals surface area contributed by atoms with E-state index in [-0.39, 0.29) is 16.6 Å². The average molecular weight is 468 g/mol. The minimum atomic E-state index is -3.52. The fraction of sp³-hybridized carbons (Fsp3) is 0.167. The van der Waals surface area contributed by atoms with Crippen molar-refractivity contribution in [2.75, 3.05) is 30.5 Å². The Bertz CT molecular complexity index is 1130. The van der Waals surface area contributed by atoms with E-state index >= 15 is 0 Å². The van der Waals surface area contributed by atoms with Crippen LogP contribution < -0.4 is 10.6 Å². The van der Waals surface area contributed by atoms with Gasteiger partial charge in [-0.1, -0.05) is 35.2 Å². The van der Waals surface area contributed by atoms with E-state index in [4.69, 9.17) is 0 Å². The highest BCUT2D eigenvalue weighted by Gasteiger charge is 2.17. The highest BCUT2D eigenvalue weighted by atomic mass is 32.2. The lowest BCUT2D eigenvalue weighted by Gasteiger charge is -2.11. The first-order valence-corrected chi connectivity index (χ1v) is 11.8. The Morgan fingerprint density at radius 3 is 2.50 bits per heavy atom. The number of amides is 1. The van der Waals surface area contributed by atoms with Crippen molar-refractivity contribution >= 4 is 55.5 Å². The van der Waals surface area contributed by atoms with Gasteiger partial charge in [0.05, 0.1) is 16.3 Å². The predicted molar refractivity (Wildman–Crippen MR) is 116 cm³/mol. The van der Waals surface area contributed by atoms with Crippen LogP contribution in [0.15, 0.2) is 57.8 Å². The van der Waals surface area contributed by atoms with Crippen molar-refractivity contribution in [2.24, 2.45) is 0 Å². The molecule has 0 radical (unpaired) electrons. The number of nitrogens with one attached hydrogen (secondary N) is 2. The van der Waals surface area contributed by atoms with Crippen molar-refractivity contribution in [1.29, 1.82) is 0 Å². The Labute approximate surface area is 181 Å². The van der Waals surface area contributed by atoms with Crippen LogP contribution in [0.5, 0.6) is 0 Å². The fourth-order valence-corrected chi connectivity index (χ4v) is 4.71. The Morgan fingerprint density at radius 2 is 1.83 bits per heavy atom. The summed E-state index contributed by atoms with van der Waals surface area (Å²) >= 11 is 2.39. The summed E-state index contributed by atoms with van der Waals surface area (Å²) in [5, 5.41) is 13.9. The van der Waals surface area contributed by atoms with Gasteiger partial charge in [0.2, 0.25) is 21.1 Å². The summed E-state index contributed by atoms with van der Waals surface area (Å²) in [6.07, 6.45) is 0. The molecule has 158 valence electrons. The van der Waals surface area contributed by atoms with E-state index in [1.165, 1.54) is 67.5 Å². The summed E-state index contributed by atoms with van der Waals surface area (Å²) < 4.78 is 39.5. The Hall–Kier alpha value is -2.54. The van der Waals surface area contributed by atoms with Crippen molar-refractivity contribution in [3.05, 3.63) is 54.3 Å². The van der Waals surface area contributed by atoms with Gasteiger partial charge in [0.15, 0.2) is 4.34 Å². The topological polar surface area (TPSA) is 104 Å². The molecule has 0 bridgehead atoms. The molecule has 1 heterocycles. The first kappa shape index (κ1) is 22.2. The summed E-state index contributed by atoms with van der Waals surface area (Å²) in [6, 6.07) is 12.1. The zero-order chi connectivity index (χ0) is 21.7. The molecule has 12 heteroatoms. The molecule has 0 saturated carbocycles. The molecule has 2 aromatic carbocycles. The van der Waals surface area contributed by atoms with Crippen LogP contribution in [-0.4, -0.2) is 48.7 Å². The third kappa shape index (κ3) is 5.53. The lowest BCUT2D eigenvalue weighted by atomic mass is 10.3. The smallest absolute Gasteiger partial charge is 0.242 e. The molecule has 0 aliphatic rings. The van der Waals surface area contributed by atoms with Crippen LogP contribution in [0.3, 0.4) is 0 Å². The molecular weight excluding hydrogens is 449 g/mol. The molecule has 30 heavy (non-hydrogen) atoms. The zero-order valence-electron chi connectivity index (χ0n) is 16.0. The molecule has 3 aromatic rings. The normalized spacial score (nSPS) is 11.5. The lowest BCUT2D eigenvalue weighted by molar-refractivity contribution is -0.113. The van der Waals surface area contributed by atoms with E-state index < -0.39 is 15.8 Å². The van der Waals surface area contributed by atoms with Gasteiger partial charge in [-0.3, -0.25) is 4.79 Å². The zero-order valence-corrected chi connectivity index (χ0v) is 18.4. The number of anilines is 3. The second-order valence-corrected chi connectivity index (χ2v) is 10.5. The van der Waals surface area contributed by atoms with E-state index in [2.05, 4.69) is 20.8 Å². The molecule has 0 aliphatic carbocycles. The highest BCUT2D eigenvalue weighted by molar-refractivity contribution is 8.01. The number of carbonyl (C=O) groups is 1. The Morgan fingerprint density at radius 1 is 1.13 bits per heavy atom. The second kappa shape index (κ2) is 9.51. The van der Waals surface area contributed by atoms with Gasteiger partial charge in [-0.25, -0.2) is 17.1 Å². The van der Waals surface area contributed by atoms with Crippen LogP contribution in [0.25, 0.3) is 0 Å². The summed E-state index contributed by atoms with van der Waals surface area (Å²) in [5.41, 5.74) is 0.778. The van der Waals surface area contributed by atoms with Crippen molar-refractivity contribution in [3.63, 3.8) is 0 Å². The number of para-hydroxylation sites is 1. The molecular formula is C18H18FN5O3S3. The molecule has 2 N–H and O–H groups in total. The average Bonchev–Trinajstić information content (AvgIpc) is 3.16. The number of thioether (sulfide) groups is 1. The number of rotatable bonds is 8. The summed E-state index contributed by atoms with van der Waals surface area (Å²) in [7, 11) is -0.615. The Kier molecular flexibility index (Phi) is 7.02. The number of nitrogens with zero attached hydrogens (tertiary/aromatic N) is 3. The van der Waals surface area contributed by atoms with Gasteiger partial charge in [-0.2, -0.15) is 0 Å². The molecule has 8 nitrogen and oxygen atoms in total. The van der Waals surface area contributed by atoms with Crippen LogP contribution in [0.1, 0.15) is 0 Å².